The lowest BCUT2D eigenvalue weighted by molar-refractivity contribution is -0.139. The van der Waals surface area contributed by atoms with E-state index in [9.17, 15) is 22.7 Å². The van der Waals surface area contributed by atoms with Crippen molar-refractivity contribution < 1.29 is 22.7 Å². The summed E-state index contributed by atoms with van der Waals surface area (Å²) >= 11 is 5.61. The molecule has 0 atom stereocenters. The minimum Gasteiger partial charge on any atom is -0.506 e. The summed E-state index contributed by atoms with van der Waals surface area (Å²) in [5.41, 5.74) is -0.735. The van der Waals surface area contributed by atoms with E-state index < -0.39 is 17.6 Å². The summed E-state index contributed by atoms with van der Waals surface area (Å²) in [6.45, 7) is 0. The molecule has 2 aromatic rings. The number of rotatable bonds is 1. The molecule has 0 amide bonds. The van der Waals surface area contributed by atoms with E-state index >= 15 is 0 Å². The highest BCUT2D eigenvalue weighted by Crippen LogP contribution is 2.35. The summed E-state index contributed by atoms with van der Waals surface area (Å²) < 4.78 is 50.6. The summed E-state index contributed by atoms with van der Waals surface area (Å²) in [5, 5.41) is 9.52. The van der Waals surface area contributed by atoms with Gasteiger partial charge in [0.05, 0.1) is 10.6 Å². The zero-order valence-corrected chi connectivity index (χ0v) is 10.1. The average molecular weight is 291 g/mol. The van der Waals surface area contributed by atoms with E-state index in [2.05, 4.69) is 0 Å². The van der Waals surface area contributed by atoms with Crippen molar-refractivity contribution in [1.29, 1.82) is 0 Å². The Morgan fingerprint density at radius 2 is 1.53 bits per heavy atom. The zero-order chi connectivity index (χ0) is 14.2. The molecule has 0 fully saturated rings. The van der Waals surface area contributed by atoms with Gasteiger partial charge in [0.15, 0.2) is 0 Å². The van der Waals surface area contributed by atoms with Gasteiger partial charge in [-0.1, -0.05) is 23.7 Å². The maximum absolute atomic E-state index is 13.4. The maximum atomic E-state index is 13.4. The van der Waals surface area contributed by atoms with Gasteiger partial charge >= 0.3 is 6.18 Å². The van der Waals surface area contributed by atoms with Crippen molar-refractivity contribution in [1.82, 2.24) is 0 Å². The van der Waals surface area contributed by atoms with Gasteiger partial charge in [-0.05, 0) is 35.4 Å². The lowest BCUT2D eigenvalue weighted by Crippen LogP contribution is -2.07. The van der Waals surface area contributed by atoms with Gasteiger partial charge < -0.3 is 5.11 Å². The van der Waals surface area contributed by atoms with Gasteiger partial charge in [0.1, 0.15) is 11.6 Å². The summed E-state index contributed by atoms with van der Waals surface area (Å²) in [4.78, 5) is 0. The predicted molar refractivity (Wildman–Crippen MR) is 63.5 cm³/mol. The lowest BCUT2D eigenvalue weighted by atomic mass is 10.0. The first-order valence-corrected chi connectivity index (χ1v) is 5.52. The summed E-state index contributed by atoms with van der Waals surface area (Å²) in [6, 6.07) is 6.67. The van der Waals surface area contributed by atoms with Crippen molar-refractivity contribution in [2.24, 2.45) is 0 Å². The van der Waals surface area contributed by atoms with Gasteiger partial charge in [0.25, 0.3) is 0 Å². The summed E-state index contributed by atoms with van der Waals surface area (Å²) in [5.74, 6) is -1.58. The van der Waals surface area contributed by atoms with Crippen molar-refractivity contribution in [2.75, 3.05) is 0 Å². The Morgan fingerprint density at radius 1 is 0.947 bits per heavy atom. The van der Waals surface area contributed by atoms with Crippen molar-refractivity contribution >= 4 is 11.6 Å². The minimum absolute atomic E-state index is 0.108. The van der Waals surface area contributed by atoms with Crippen LogP contribution in [0, 0.1) is 5.82 Å². The Bertz CT molecular complexity index is 623. The first-order valence-electron chi connectivity index (χ1n) is 5.14. The van der Waals surface area contributed by atoms with Crippen molar-refractivity contribution in [2.45, 2.75) is 6.18 Å². The molecule has 2 rings (SSSR count). The fourth-order valence-electron chi connectivity index (χ4n) is 1.62. The third-order valence-corrected chi connectivity index (χ3v) is 2.87. The van der Waals surface area contributed by atoms with Gasteiger partial charge in [0.2, 0.25) is 0 Å². The zero-order valence-electron chi connectivity index (χ0n) is 9.30. The molecule has 0 aliphatic rings. The maximum Gasteiger partial charge on any atom is 0.419 e. The Labute approximate surface area is 111 Å². The van der Waals surface area contributed by atoms with E-state index in [1.165, 1.54) is 18.2 Å². The number of phenols is 1. The third kappa shape index (κ3) is 2.81. The number of aromatic hydroxyl groups is 1. The van der Waals surface area contributed by atoms with Crippen LogP contribution in [0.1, 0.15) is 5.56 Å². The molecule has 1 N–H and O–H groups in total. The highest BCUT2D eigenvalue weighted by Gasteiger charge is 2.33. The van der Waals surface area contributed by atoms with Crippen LogP contribution >= 0.6 is 11.6 Å². The number of alkyl halides is 3. The molecule has 19 heavy (non-hydrogen) atoms. The second-order valence-electron chi connectivity index (χ2n) is 3.86. The van der Waals surface area contributed by atoms with Crippen molar-refractivity contribution in [3.05, 3.63) is 52.8 Å². The van der Waals surface area contributed by atoms with E-state index in [1.54, 1.807) is 0 Å². The minimum atomic E-state index is -4.73. The van der Waals surface area contributed by atoms with Crippen LogP contribution in [0.15, 0.2) is 36.4 Å². The molecule has 0 heterocycles. The second-order valence-corrected chi connectivity index (χ2v) is 4.27. The van der Waals surface area contributed by atoms with Gasteiger partial charge in [-0.3, -0.25) is 0 Å². The number of hydrogen-bond donors (Lipinski definition) is 1. The molecule has 0 bridgehead atoms. The van der Waals surface area contributed by atoms with Gasteiger partial charge in [-0.2, -0.15) is 13.2 Å². The number of benzene rings is 2. The number of hydrogen-bond acceptors (Lipinski definition) is 1. The second kappa shape index (κ2) is 4.74. The molecule has 0 saturated carbocycles. The smallest absolute Gasteiger partial charge is 0.419 e. The largest absolute Gasteiger partial charge is 0.506 e. The SMILES string of the molecule is Oc1cc(-c2ccc(C(F)(F)F)c(F)c2)ccc1Cl. The van der Waals surface area contributed by atoms with Crippen LogP contribution in [0.25, 0.3) is 11.1 Å². The normalized spacial score (nSPS) is 11.6. The highest BCUT2D eigenvalue weighted by atomic mass is 35.5. The molecule has 0 radical (unpaired) electrons. The Balaban J connectivity index is 2.47. The molecule has 0 spiro atoms. The van der Waals surface area contributed by atoms with Crippen LogP contribution in [0.4, 0.5) is 17.6 Å². The van der Waals surface area contributed by atoms with Crippen molar-refractivity contribution in [3.63, 3.8) is 0 Å². The van der Waals surface area contributed by atoms with Crippen LogP contribution in [0.3, 0.4) is 0 Å². The molecule has 6 heteroatoms. The topological polar surface area (TPSA) is 20.2 Å². The van der Waals surface area contributed by atoms with Crippen LogP contribution in [0.5, 0.6) is 5.75 Å². The standard InChI is InChI=1S/C13H7ClF4O/c14-10-4-2-8(6-12(10)19)7-1-3-9(11(15)5-7)13(16,17)18/h1-6,19H. The number of phenolic OH excluding ortho intramolecular Hbond substituents is 1. The summed E-state index contributed by atoms with van der Waals surface area (Å²) in [7, 11) is 0. The van der Waals surface area contributed by atoms with E-state index in [1.807, 2.05) is 0 Å². The summed E-state index contributed by atoms with van der Waals surface area (Å²) in [6.07, 6.45) is -4.73. The monoisotopic (exact) mass is 290 g/mol. The Kier molecular flexibility index (Phi) is 3.41. The molecule has 100 valence electrons. The Morgan fingerprint density at radius 3 is 2.05 bits per heavy atom. The molecule has 2 aromatic carbocycles. The lowest BCUT2D eigenvalue weighted by Gasteiger charge is -2.10. The highest BCUT2D eigenvalue weighted by molar-refractivity contribution is 6.32. The van der Waals surface area contributed by atoms with Gasteiger partial charge in [0, 0.05) is 0 Å². The first kappa shape index (κ1) is 13.7. The molecule has 0 aliphatic carbocycles. The predicted octanol–water partition coefficient (Wildman–Crippen LogP) is 4.87. The van der Waals surface area contributed by atoms with Crippen molar-refractivity contribution in [3.8, 4) is 16.9 Å². The van der Waals surface area contributed by atoms with Crippen LogP contribution < -0.4 is 0 Å². The average Bonchev–Trinajstić information content (AvgIpc) is 2.31. The molecule has 0 aliphatic heterocycles. The van der Waals surface area contributed by atoms with Gasteiger partial charge in [-0.25, -0.2) is 4.39 Å². The van der Waals surface area contributed by atoms with E-state index in [0.29, 0.717) is 11.6 Å². The van der Waals surface area contributed by atoms with E-state index in [4.69, 9.17) is 11.6 Å². The molecular weight excluding hydrogens is 284 g/mol. The van der Waals surface area contributed by atoms with Crippen LogP contribution in [-0.4, -0.2) is 5.11 Å². The molecule has 0 aromatic heterocycles. The van der Waals surface area contributed by atoms with Crippen LogP contribution in [-0.2, 0) is 6.18 Å². The van der Waals surface area contributed by atoms with Gasteiger partial charge in [-0.15, -0.1) is 0 Å². The first-order chi connectivity index (χ1) is 8.79. The fraction of sp³-hybridized carbons (Fsp3) is 0.0769. The molecule has 0 unspecified atom stereocenters. The Hall–Kier alpha value is -1.75. The molecular formula is C13H7ClF4O. The number of halogens is 5. The van der Waals surface area contributed by atoms with E-state index in [-0.39, 0.29) is 16.3 Å². The molecule has 0 saturated heterocycles. The molecule has 1 nitrogen and oxygen atoms in total. The quantitative estimate of drug-likeness (QED) is 0.743. The van der Waals surface area contributed by atoms with E-state index in [0.717, 1.165) is 12.1 Å². The third-order valence-electron chi connectivity index (χ3n) is 2.55. The van der Waals surface area contributed by atoms with Crippen LogP contribution in [0.2, 0.25) is 5.02 Å². The fourth-order valence-corrected chi connectivity index (χ4v) is 1.73.